The molecule has 0 spiro atoms. The largest absolute Gasteiger partial charge is 0.361 e. The van der Waals surface area contributed by atoms with Crippen LogP contribution in [0.5, 0.6) is 0 Å². The third-order valence-electron chi connectivity index (χ3n) is 3.82. The predicted octanol–water partition coefficient (Wildman–Crippen LogP) is 3.39. The number of hydrogen-bond acceptors (Lipinski definition) is 4. The molecule has 2 aromatic rings. The zero-order chi connectivity index (χ0) is 18.4. The Balaban J connectivity index is 1.86. The van der Waals surface area contributed by atoms with Crippen molar-refractivity contribution in [3.63, 3.8) is 0 Å². The van der Waals surface area contributed by atoms with E-state index in [1.807, 2.05) is 20.8 Å². The van der Waals surface area contributed by atoms with Crippen LogP contribution in [0.15, 0.2) is 28.8 Å². The summed E-state index contributed by atoms with van der Waals surface area (Å²) in [4.78, 5) is 23.4. The van der Waals surface area contributed by atoms with Gasteiger partial charge in [0, 0.05) is 29.4 Å². The molecule has 134 valence electrons. The zero-order valence-electron chi connectivity index (χ0n) is 15.0. The lowest BCUT2D eigenvalue weighted by Gasteiger charge is -2.15. The van der Waals surface area contributed by atoms with E-state index in [4.69, 9.17) is 4.52 Å². The van der Waals surface area contributed by atoms with Crippen LogP contribution in [-0.2, 0) is 11.2 Å². The topological polar surface area (TPSA) is 96.3 Å². The Morgan fingerprint density at radius 2 is 1.72 bits per heavy atom. The Kier molecular flexibility index (Phi) is 6.16. The van der Waals surface area contributed by atoms with Crippen molar-refractivity contribution >= 4 is 23.3 Å². The lowest BCUT2D eigenvalue weighted by atomic mass is 10.1. The summed E-state index contributed by atoms with van der Waals surface area (Å²) in [5, 5.41) is 12.3. The van der Waals surface area contributed by atoms with Crippen LogP contribution in [0.2, 0.25) is 0 Å². The third kappa shape index (κ3) is 5.34. The van der Waals surface area contributed by atoms with E-state index >= 15 is 0 Å². The molecular weight excluding hydrogens is 320 g/mol. The molecule has 0 radical (unpaired) electrons. The van der Waals surface area contributed by atoms with E-state index < -0.39 is 0 Å². The van der Waals surface area contributed by atoms with Gasteiger partial charge in [0.1, 0.15) is 5.76 Å². The predicted molar refractivity (Wildman–Crippen MR) is 96.7 cm³/mol. The minimum atomic E-state index is -0.287. The maximum Gasteiger partial charge on any atom is 0.319 e. The number of carbonyl (C=O) groups is 2. The molecule has 7 heteroatoms. The van der Waals surface area contributed by atoms with Gasteiger partial charge in [-0.1, -0.05) is 12.1 Å². The van der Waals surface area contributed by atoms with Crippen molar-refractivity contribution < 1.29 is 14.1 Å². The van der Waals surface area contributed by atoms with Crippen LogP contribution in [-0.4, -0.2) is 23.1 Å². The standard InChI is InChI=1S/C18H24N4O3/c1-5-17(23)20-14-6-8-15(9-7-14)21-18(24)19-11(2)10-16-12(3)22-25-13(16)4/h6-9,11H,5,10H2,1-4H3,(H,20,23)(H2,19,21,24). The molecule has 25 heavy (non-hydrogen) atoms. The first-order chi connectivity index (χ1) is 11.9. The van der Waals surface area contributed by atoms with Gasteiger partial charge in [0.2, 0.25) is 5.91 Å². The molecule has 1 unspecified atom stereocenters. The van der Waals surface area contributed by atoms with Gasteiger partial charge in [-0.2, -0.15) is 0 Å². The second-order valence-corrected chi connectivity index (χ2v) is 5.99. The van der Waals surface area contributed by atoms with E-state index in [-0.39, 0.29) is 18.0 Å². The van der Waals surface area contributed by atoms with Crippen LogP contribution in [0, 0.1) is 13.8 Å². The number of anilines is 2. The highest BCUT2D eigenvalue weighted by Crippen LogP contribution is 2.15. The highest BCUT2D eigenvalue weighted by Gasteiger charge is 2.14. The van der Waals surface area contributed by atoms with E-state index in [9.17, 15) is 9.59 Å². The van der Waals surface area contributed by atoms with Crippen LogP contribution in [0.25, 0.3) is 0 Å². The lowest BCUT2D eigenvalue weighted by molar-refractivity contribution is -0.115. The smallest absolute Gasteiger partial charge is 0.319 e. The minimum absolute atomic E-state index is 0.0494. The highest BCUT2D eigenvalue weighted by atomic mass is 16.5. The van der Waals surface area contributed by atoms with Crippen molar-refractivity contribution in [2.45, 2.75) is 46.6 Å². The molecule has 2 rings (SSSR count). The van der Waals surface area contributed by atoms with Crippen molar-refractivity contribution in [2.75, 3.05) is 10.6 Å². The van der Waals surface area contributed by atoms with Gasteiger partial charge in [0.15, 0.2) is 0 Å². The number of nitrogens with one attached hydrogen (secondary N) is 3. The Labute approximate surface area is 147 Å². The van der Waals surface area contributed by atoms with Crippen molar-refractivity contribution in [3.05, 3.63) is 41.3 Å². The minimum Gasteiger partial charge on any atom is -0.361 e. The summed E-state index contributed by atoms with van der Waals surface area (Å²) < 4.78 is 5.14. The summed E-state index contributed by atoms with van der Waals surface area (Å²) in [5.41, 5.74) is 3.21. The monoisotopic (exact) mass is 344 g/mol. The number of urea groups is 1. The molecule has 1 aromatic heterocycles. The number of aromatic nitrogens is 1. The van der Waals surface area contributed by atoms with Crippen molar-refractivity contribution in [3.8, 4) is 0 Å². The normalized spacial score (nSPS) is 11.7. The first-order valence-corrected chi connectivity index (χ1v) is 8.28. The van der Waals surface area contributed by atoms with Gasteiger partial charge in [0.25, 0.3) is 0 Å². The van der Waals surface area contributed by atoms with Crippen molar-refractivity contribution in [1.82, 2.24) is 10.5 Å². The van der Waals surface area contributed by atoms with Gasteiger partial charge >= 0.3 is 6.03 Å². The number of nitrogens with zero attached hydrogens (tertiary/aromatic N) is 1. The third-order valence-corrected chi connectivity index (χ3v) is 3.82. The average Bonchev–Trinajstić information content (AvgIpc) is 2.88. The number of hydrogen-bond donors (Lipinski definition) is 3. The van der Waals surface area contributed by atoms with Gasteiger partial charge in [0.05, 0.1) is 5.69 Å². The highest BCUT2D eigenvalue weighted by molar-refractivity contribution is 5.92. The second-order valence-electron chi connectivity index (χ2n) is 5.99. The summed E-state index contributed by atoms with van der Waals surface area (Å²) in [6.45, 7) is 7.46. The van der Waals surface area contributed by atoms with E-state index in [0.29, 0.717) is 24.2 Å². The summed E-state index contributed by atoms with van der Waals surface area (Å²) >= 11 is 0. The lowest BCUT2D eigenvalue weighted by Crippen LogP contribution is -2.37. The van der Waals surface area contributed by atoms with Crippen LogP contribution < -0.4 is 16.0 Å². The fourth-order valence-electron chi connectivity index (χ4n) is 2.43. The number of benzene rings is 1. The summed E-state index contributed by atoms with van der Waals surface area (Å²) in [7, 11) is 0. The molecule has 1 atom stereocenters. The molecule has 1 heterocycles. The quantitative estimate of drug-likeness (QED) is 0.748. The van der Waals surface area contributed by atoms with Crippen molar-refractivity contribution in [1.29, 1.82) is 0 Å². The van der Waals surface area contributed by atoms with Crippen LogP contribution in [0.4, 0.5) is 16.2 Å². The first kappa shape index (κ1) is 18.5. The van der Waals surface area contributed by atoms with Crippen LogP contribution in [0.3, 0.4) is 0 Å². The number of amides is 3. The molecule has 0 saturated carbocycles. The number of rotatable bonds is 6. The van der Waals surface area contributed by atoms with E-state index in [1.165, 1.54) is 0 Å². The molecule has 0 fully saturated rings. The molecule has 0 aliphatic heterocycles. The van der Waals surface area contributed by atoms with Crippen LogP contribution in [0.1, 0.15) is 37.3 Å². The second kappa shape index (κ2) is 8.32. The Hall–Kier alpha value is -2.83. The Bertz CT molecular complexity index is 718. The maximum atomic E-state index is 12.1. The van der Waals surface area contributed by atoms with Gasteiger partial charge in [-0.05, 0) is 51.5 Å². The Morgan fingerprint density at radius 3 is 2.24 bits per heavy atom. The summed E-state index contributed by atoms with van der Waals surface area (Å²) in [5.74, 6) is 0.725. The fourth-order valence-corrected chi connectivity index (χ4v) is 2.43. The zero-order valence-corrected chi connectivity index (χ0v) is 15.0. The van der Waals surface area contributed by atoms with E-state index in [0.717, 1.165) is 17.0 Å². The molecule has 0 aliphatic rings. The number of aryl methyl sites for hydroxylation is 2. The number of carbonyl (C=O) groups excluding carboxylic acids is 2. The fraction of sp³-hybridized carbons (Fsp3) is 0.389. The molecule has 0 bridgehead atoms. The van der Waals surface area contributed by atoms with Crippen LogP contribution >= 0.6 is 0 Å². The molecule has 0 aliphatic carbocycles. The van der Waals surface area contributed by atoms with Gasteiger partial charge in [-0.25, -0.2) is 4.79 Å². The molecule has 0 saturated heterocycles. The average molecular weight is 344 g/mol. The maximum absolute atomic E-state index is 12.1. The van der Waals surface area contributed by atoms with Gasteiger partial charge in [-0.15, -0.1) is 0 Å². The molecule has 3 N–H and O–H groups in total. The molecule has 3 amide bonds. The van der Waals surface area contributed by atoms with Gasteiger partial charge in [-0.3, -0.25) is 4.79 Å². The molecule has 1 aromatic carbocycles. The van der Waals surface area contributed by atoms with E-state index in [1.54, 1.807) is 31.2 Å². The summed E-state index contributed by atoms with van der Waals surface area (Å²) in [6.07, 6.45) is 1.07. The Morgan fingerprint density at radius 1 is 1.12 bits per heavy atom. The SMILES string of the molecule is CCC(=O)Nc1ccc(NC(=O)NC(C)Cc2c(C)noc2C)cc1. The van der Waals surface area contributed by atoms with E-state index in [2.05, 4.69) is 21.1 Å². The van der Waals surface area contributed by atoms with Crippen molar-refractivity contribution in [2.24, 2.45) is 0 Å². The molecular formula is C18H24N4O3. The molecule has 7 nitrogen and oxygen atoms in total. The first-order valence-electron chi connectivity index (χ1n) is 8.28. The van der Waals surface area contributed by atoms with Gasteiger partial charge < -0.3 is 20.5 Å². The summed E-state index contributed by atoms with van der Waals surface area (Å²) in [6, 6.07) is 6.62.